The van der Waals surface area contributed by atoms with E-state index in [0.717, 1.165) is 38.9 Å². The van der Waals surface area contributed by atoms with Gasteiger partial charge in [0.1, 0.15) is 6.61 Å². The van der Waals surface area contributed by atoms with Crippen molar-refractivity contribution in [2.24, 2.45) is 0 Å². The highest BCUT2D eigenvalue weighted by Gasteiger charge is 2.29. The molecule has 1 atom stereocenters. The Morgan fingerprint density at radius 3 is 2.84 bits per heavy atom. The van der Waals surface area contributed by atoms with E-state index >= 15 is 0 Å². The molecule has 2 aliphatic heterocycles. The van der Waals surface area contributed by atoms with Crippen molar-refractivity contribution in [3.63, 3.8) is 0 Å². The molecule has 0 amide bonds. The maximum atomic E-state index is 12.2. The van der Waals surface area contributed by atoms with Gasteiger partial charge >= 0.3 is 0 Å². The first-order chi connectivity index (χ1) is 12.1. The molecule has 9 heteroatoms. The lowest BCUT2D eigenvalue weighted by Gasteiger charge is -2.31. The Kier molecular flexibility index (Phi) is 6.43. The summed E-state index contributed by atoms with van der Waals surface area (Å²) in [5.41, 5.74) is 0. The van der Waals surface area contributed by atoms with E-state index in [1.165, 1.54) is 0 Å². The Balaban J connectivity index is 1.50. The number of hydrogen-bond acceptors (Lipinski definition) is 7. The number of piperidine rings is 1. The molecule has 0 saturated carbocycles. The third-order valence-corrected chi connectivity index (χ3v) is 6.74. The van der Waals surface area contributed by atoms with Gasteiger partial charge in [-0.3, -0.25) is 0 Å². The lowest BCUT2D eigenvalue weighted by molar-refractivity contribution is 0.00439. The second kappa shape index (κ2) is 8.57. The first-order valence-electron chi connectivity index (χ1n) is 9.08. The van der Waals surface area contributed by atoms with Crippen LogP contribution in [-0.2, 0) is 26.1 Å². The van der Waals surface area contributed by atoms with E-state index in [9.17, 15) is 8.42 Å². The molecule has 1 aromatic rings. The summed E-state index contributed by atoms with van der Waals surface area (Å²) in [6.45, 7) is 4.57. The van der Waals surface area contributed by atoms with Gasteiger partial charge in [-0.05, 0) is 32.1 Å². The SMILES string of the molecule is CCCS(=O)(=O)N1CCCC(OCc2noc(C3CCOCC3)n2)C1. The Morgan fingerprint density at radius 1 is 1.28 bits per heavy atom. The highest BCUT2D eigenvalue weighted by atomic mass is 32.2. The fraction of sp³-hybridized carbons (Fsp3) is 0.875. The summed E-state index contributed by atoms with van der Waals surface area (Å²) in [5.74, 6) is 1.63. The van der Waals surface area contributed by atoms with Gasteiger partial charge in [0.2, 0.25) is 15.9 Å². The van der Waals surface area contributed by atoms with Crippen molar-refractivity contribution in [2.45, 2.75) is 57.7 Å². The van der Waals surface area contributed by atoms with Crippen molar-refractivity contribution in [1.82, 2.24) is 14.4 Å². The molecule has 2 fully saturated rings. The van der Waals surface area contributed by atoms with Crippen molar-refractivity contribution in [2.75, 3.05) is 32.1 Å². The molecule has 8 nitrogen and oxygen atoms in total. The van der Waals surface area contributed by atoms with Crippen LogP contribution in [0.25, 0.3) is 0 Å². The normalized spacial score (nSPS) is 23.8. The largest absolute Gasteiger partial charge is 0.381 e. The van der Waals surface area contributed by atoms with Crippen LogP contribution in [0, 0.1) is 0 Å². The zero-order valence-corrected chi connectivity index (χ0v) is 15.5. The van der Waals surface area contributed by atoms with E-state index in [1.807, 2.05) is 6.92 Å². The van der Waals surface area contributed by atoms with Gasteiger partial charge in [-0.2, -0.15) is 9.29 Å². The third-order valence-electron chi connectivity index (χ3n) is 4.70. The molecule has 2 saturated heterocycles. The third kappa shape index (κ3) is 4.99. The summed E-state index contributed by atoms with van der Waals surface area (Å²) in [6.07, 6.45) is 3.97. The molecule has 0 aliphatic carbocycles. The van der Waals surface area contributed by atoms with Gasteiger partial charge in [-0.15, -0.1) is 0 Å². The lowest BCUT2D eigenvalue weighted by atomic mass is 10.0. The van der Waals surface area contributed by atoms with Crippen LogP contribution in [0.3, 0.4) is 0 Å². The monoisotopic (exact) mass is 373 g/mol. The molecule has 2 aliphatic rings. The summed E-state index contributed by atoms with van der Waals surface area (Å²) in [7, 11) is -3.17. The Labute approximate surface area is 148 Å². The maximum absolute atomic E-state index is 12.2. The average molecular weight is 373 g/mol. The van der Waals surface area contributed by atoms with Crippen LogP contribution in [0.5, 0.6) is 0 Å². The van der Waals surface area contributed by atoms with Crippen molar-refractivity contribution in [3.8, 4) is 0 Å². The van der Waals surface area contributed by atoms with Crippen LogP contribution in [0.1, 0.15) is 56.7 Å². The first-order valence-corrected chi connectivity index (χ1v) is 10.7. The molecule has 142 valence electrons. The first kappa shape index (κ1) is 18.8. The van der Waals surface area contributed by atoms with E-state index in [4.69, 9.17) is 14.0 Å². The van der Waals surface area contributed by atoms with Gasteiger partial charge in [0.25, 0.3) is 0 Å². The van der Waals surface area contributed by atoms with Crippen LogP contribution in [0.2, 0.25) is 0 Å². The molecule has 3 rings (SSSR count). The molecule has 0 bridgehead atoms. The lowest BCUT2D eigenvalue weighted by Crippen LogP contribution is -2.44. The minimum absolute atomic E-state index is 0.120. The number of ether oxygens (including phenoxy) is 2. The maximum Gasteiger partial charge on any atom is 0.230 e. The number of sulfonamides is 1. The number of rotatable bonds is 7. The summed E-state index contributed by atoms with van der Waals surface area (Å²) in [5, 5.41) is 3.99. The smallest absolute Gasteiger partial charge is 0.230 e. The Morgan fingerprint density at radius 2 is 2.08 bits per heavy atom. The minimum atomic E-state index is -3.17. The summed E-state index contributed by atoms with van der Waals surface area (Å²) >= 11 is 0. The van der Waals surface area contributed by atoms with E-state index in [0.29, 0.717) is 31.2 Å². The molecule has 3 heterocycles. The summed E-state index contributed by atoms with van der Waals surface area (Å²) in [6, 6.07) is 0. The zero-order valence-electron chi connectivity index (χ0n) is 14.7. The fourth-order valence-electron chi connectivity index (χ4n) is 3.31. The molecule has 25 heavy (non-hydrogen) atoms. The van der Waals surface area contributed by atoms with Crippen molar-refractivity contribution in [1.29, 1.82) is 0 Å². The molecular weight excluding hydrogens is 346 g/mol. The zero-order chi connectivity index (χ0) is 17.7. The number of aromatic nitrogens is 2. The number of nitrogens with zero attached hydrogens (tertiary/aromatic N) is 3. The van der Waals surface area contributed by atoms with Gasteiger partial charge in [-0.1, -0.05) is 12.1 Å². The predicted octanol–water partition coefficient (Wildman–Crippen LogP) is 1.68. The Bertz CT molecular complexity index is 642. The molecule has 1 aromatic heterocycles. The van der Waals surface area contributed by atoms with Gasteiger partial charge < -0.3 is 14.0 Å². The van der Waals surface area contributed by atoms with Gasteiger partial charge in [-0.25, -0.2) is 8.42 Å². The van der Waals surface area contributed by atoms with Crippen molar-refractivity contribution in [3.05, 3.63) is 11.7 Å². The molecule has 1 unspecified atom stereocenters. The van der Waals surface area contributed by atoms with Crippen molar-refractivity contribution >= 4 is 10.0 Å². The molecule has 0 spiro atoms. The fourth-order valence-corrected chi connectivity index (χ4v) is 4.88. The molecule has 0 aromatic carbocycles. The molecule has 0 radical (unpaired) electrons. The predicted molar refractivity (Wildman–Crippen MR) is 90.6 cm³/mol. The highest BCUT2D eigenvalue weighted by molar-refractivity contribution is 7.89. The Hall–Kier alpha value is -1.03. The molecular formula is C16H27N3O5S. The van der Waals surface area contributed by atoms with E-state index in [1.54, 1.807) is 4.31 Å². The summed E-state index contributed by atoms with van der Waals surface area (Å²) < 4.78 is 42.5. The van der Waals surface area contributed by atoms with Crippen LogP contribution >= 0.6 is 0 Å². The van der Waals surface area contributed by atoms with E-state index in [2.05, 4.69) is 10.1 Å². The number of hydrogen-bond donors (Lipinski definition) is 0. The van der Waals surface area contributed by atoms with Crippen molar-refractivity contribution < 1.29 is 22.4 Å². The van der Waals surface area contributed by atoms with Gasteiger partial charge in [0.05, 0.1) is 11.9 Å². The van der Waals surface area contributed by atoms with Gasteiger partial charge in [0, 0.05) is 32.2 Å². The quantitative estimate of drug-likeness (QED) is 0.717. The van der Waals surface area contributed by atoms with E-state index < -0.39 is 10.0 Å². The van der Waals surface area contributed by atoms with E-state index in [-0.39, 0.29) is 24.4 Å². The standard InChI is InChI=1S/C16H27N3O5S/c1-2-10-25(20,21)19-7-3-4-14(11-19)23-12-15-17-16(24-18-15)13-5-8-22-9-6-13/h13-14H,2-12H2,1H3. The van der Waals surface area contributed by atoms with Crippen LogP contribution in [-0.4, -0.2) is 61.0 Å². The van der Waals surface area contributed by atoms with Crippen LogP contribution in [0.15, 0.2) is 4.52 Å². The van der Waals surface area contributed by atoms with Gasteiger partial charge in [0.15, 0.2) is 5.82 Å². The average Bonchev–Trinajstić information content (AvgIpc) is 3.10. The second-order valence-corrected chi connectivity index (χ2v) is 8.77. The summed E-state index contributed by atoms with van der Waals surface area (Å²) in [4.78, 5) is 4.43. The second-order valence-electron chi connectivity index (χ2n) is 6.68. The topological polar surface area (TPSA) is 94.8 Å². The van der Waals surface area contributed by atoms with Crippen LogP contribution in [0.4, 0.5) is 0 Å². The van der Waals surface area contributed by atoms with Crippen LogP contribution < -0.4 is 0 Å². The minimum Gasteiger partial charge on any atom is -0.381 e. The molecule has 0 N–H and O–H groups in total. The highest BCUT2D eigenvalue weighted by Crippen LogP contribution is 2.25.